The summed E-state index contributed by atoms with van der Waals surface area (Å²) < 4.78 is 27.1. The standard InChI is InChI=1S/C28H23N2S.C17H22NSi.Ir/c1-2-8-21(9-3-1)25-12-11-23-24-18-22(10-13-27(24)31-28(23)30-25)26-17-20(14-15-29-26)16-19-6-4-5-7-19;1-13(2)15-11-16(14-9-7-6-8-10-14)18-12-17(15)19(3,4)5;/h1-3,8-9,11-15,17-19H,4-7,16H2;6-9,11-13H,1-5H3;/q2*-1;/i16D2;13D;. The van der Waals surface area contributed by atoms with Crippen LogP contribution < -0.4 is 5.19 Å². The van der Waals surface area contributed by atoms with Gasteiger partial charge in [-0.05, 0) is 57.0 Å². The summed E-state index contributed by atoms with van der Waals surface area (Å²) in [6, 6.07) is 38.9. The van der Waals surface area contributed by atoms with Crippen molar-refractivity contribution in [3.63, 3.8) is 0 Å². The van der Waals surface area contributed by atoms with Gasteiger partial charge in [-0.2, -0.15) is 11.3 Å². The maximum atomic E-state index is 8.75. The van der Waals surface area contributed by atoms with E-state index in [1.165, 1.54) is 5.19 Å². The van der Waals surface area contributed by atoms with E-state index in [1.54, 1.807) is 17.5 Å². The molecule has 0 unspecified atom stereocenters. The molecule has 7 aromatic rings. The molecule has 8 rings (SSSR count). The van der Waals surface area contributed by atoms with Crippen molar-refractivity contribution < 1.29 is 24.2 Å². The summed E-state index contributed by atoms with van der Waals surface area (Å²) in [5, 5.41) is 3.54. The molecule has 6 heteroatoms. The van der Waals surface area contributed by atoms with E-state index < -0.39 is 20.3 Å². The SMILES string of the molecule is [2H]C(C)(C)c1cc(-c2[c-]cccc2)ncc1[Si](C)(C)C.[2H]C([2H])(c1ccnc(-c2[c-]cc3sc4nc(-c5ccccc5)ccc4c3c2)c1)C1CCCC1.[Ir]. The molecule has 0 bridgehead atoms. The number of thiophene rings is 1. The van der Waals surface area contributed by atoms with E-state index >= 15 is 0 Å². The first kappa shape index (κ1) is 33.1. The van der Waals surface area contributed by atoms with Gasteiger partial charge < -0.3 is 9.97 Å². The Bertz CT molecular complexity index is 2360. The molecule has 4 heterocycles. The van der Waals surface area contributed by atoms with Crippen LogP contribution in [0.5, 0.6) is 0 Å². The van der Waals surface area contributed by atoms with Gasteiger partial charge >= 0.3 is 0 Å². The number of fused-ring (bicyclic) bond motifs is 3. The fraction of sp³-hybridized carbons (Fsp3) is 0.267. The largest absolute Gasteiger partial charge is 0.305 e. The fourth-order valence-corrected chi connectivity index (χ4v) is 9.28. The summed E-state index contributed by atoms with van der Waals surface area (Å²) in [5.41, 5.74) is 7.45. The minimum absolute atomic E-state index is 0. The monoisotopic (exact) mass is 883 g/mol. The quantitative estimate of drug-likeness (QED) is 0.118. The first-order valence-corrected chi connectivity index (χ1v) is 21.9. The molecule has 3 nitrogen and oxygen atoms in total. The predicted molar refractivity (Wildman–Crippen MR) is 216 cm³/mol. The Morgan fingerprint density at radius 1 is 0.843 bits per heavy atom. The smallest absolute Gasteiger partial charge is 0.114 e. The Morgan fingerprint density at radius 2 is 1.61 bits per heavy atom. The Kier molecular flexibility index (Phi) is 10.5. The molecule has 1 fully saturated rings. The van der Waals surface area contributed by atoms with E-state index in [-0.39, 0.29) is 26.0 Å². The van der Waals surface area contributed by atoms with Gasteiger partial charge in [-0.15, -0.1) is 59.7 Å². The summed E-state index contributed by atoms with van der Waals surface area (Å²) in [5.74, 6) is -0.521. The molecule has 0 aliphatic heterocycles. The maximum absolute atomic E-state index is 8.75. The number of hydrogen-bond donors (Lipinski definition) is 0. The second-order valence-corrected chi connectivity index (χ2v) is 20.4. The van der Waals surface area contributed by atoms with Crippen LogP contribution in [0.2, 0.25) is 19.6 Å². The van der Waals surface area contributed by atoms with Gasteiger partial charge in [-0.3, -0.25) is 0 Å². The van der Waals surface area contributed by atoms with Crippen molar-refractivity contribution in [1.82, 2.24) is 15.0 Å². The number of rotatable bonds is 7. The molecular formula is C45H45IrN3SSi-2. The number of hydrogen-bond acceptors (Lipinski definition) is 4. The Morgan fingerprint density at radius 3 is 2.33 bits per heavy atom. The zero-order valence-corrected chi connectivity index (χ0v) is 34.1. The molecule has 0 atom stereocenters. The van der Waals surface area contributed by atoms with E-state index in [2.05, 4.69) is 78.1 Å². The van der Waals surface area contributed by atoms with Crippen molar-refractivity contribution in [3.8, 4) is 33.8 Å². The number of aromatic nitrogens is 3. The second-order valence-electron chi connectivity index (χ2n) is 14.3. The van der Waals surface area contributed by atoms with E-state index in [4.69, 9.17) is 9.10 Å². The third kappa shape index (κ3) is 8.64. The van der Waals surface area contributed by atoms with Crippen molar-refractivity contribution in [1.29, 1.82) is 0 Å². The first-order chi connectivity index (χ1) is 25.3. The summed E-state index contributed by atoms with van der Waals surface area (Å²) in [6.07, 6.45) is 6.55. The van der Waals surface area contributed by atoms with Gasteiger partial charge in [0.1, 0.15) is 4.83 Å². The van der Waals surface area contributed by atoms with Crippen molar-refractivity contribution in [3.05, 3.63) is 133 Å². The van der Waals surface area contributed by atoms with Gasteiger partial charge in [-0.1, -0.05) is 124 Å². The summed E-state index contributed by atoms with van der Waals surface area (Å²) in [4.78, 5) is 15.1. The molecule has 0 amide bonds. The van der Waals surface area contributed by atoms with Crippen LogP contribution in [0.1, 0.15) is 60.7 Å². The van der Waals surface area contributed by atoms with Crippen LogP contribution in [-0.2, 0) is 26.5 Å². The fourth-order valence-electron chi connectivity index (χ4n) is 6.66. The Balaban J connectivity index is 0.000000205. The Hall–Kier alpha value is -3.80. The molecule has 1 radical (unpaired) electrons. The van der Waals surface area contributed by atoms with E-state index in [1.807, 2.05) is 80.7 Å². The van der Waals surface area contributed by atoms with E-state index in [9.17, 15) is 0 Å². The first-order valence-electron chi connectivity index (χ1n) is 19.0. The second kappa shape index (κ2) is 16.3. The molecule has 0 spiro atoms. The van der Waals surface area contributed by atoms with Crippen molar-refractivity contribution in [2.24, 2.45) is 5.92 Å². The van der Waals surface area contributed by atoms with Crippen LogP contribution in [0, 0.1) is 18.1 Å². The zero-order chi connectivity index (χ0) is 37.4. The van der Waals surface area contributed by atoms with Gasteiger partial charge in [-0.25, -0.2) is 4.98 Å². The van der Waals surface area contributed by atoms with Crippen LogP contribution >= 0.6 is 11.3 Å². The van der Waals surface area contributed by atoms with Gasteiger partial charge in [0.2, 0.25) is 0 Å². The Labute approximate surface area is 326 Å². The average molecular weight is 883 g/mol. The van der Waals surface area contributed by atoms with Gasteiger partial charge in [0.05, 0.1) is 13.8 Å². The van der Waals surface area contributed by atoms with Crippen LogP contribution in [0.25, 0.3) is 54.1 Å². The predicted octanol–water partition coefficient (Wildman–Crippen LogP) is 11.9. The van der Waals surface area contributed by atoms with Crippen molar-refractivity contribution in [2.75, 3.05) is 0 Å². The average Bonchev–Trinajstić information content (AvgIpc) is 3.84. The molecule has 0 N–H and O–H groups in total. The number of pyridine rings is 3. The zero-order valence-electron chi connectivity index (χ0n) is 32.9. The van der Waals surface area contributed by atoms with Crippen molar-refractivity contribution in [2.45, 2.75) is 71.4 Å². The number of benzene rings is 3. The normalized spacial score (nSPS) is 14.6. The summed E-state index contributed by atoms with van der Waals surface area (Å²) >= 11 is 1.68. The molecular weight excluding hydrogens is 835 g/mol. The van der Waals surface area contributed by atoms with Crippen LogP contribution in [0.15, 0.2) is 109 Å². The molecule has 51 heavy (non-hydrogen) atoms. The van der Waals surface area contributed by atoms with Gasteiger partial charge in [0.25, 0.3) is 0 Å². The summed E-state index contributed by atoms with van der Waals surface area (Å²) in [7, 11) is -1.50. The molecule has 0 saturated heterocycles. The van der Waals surface area contributed by atoms with E-state index in [0.717, 1.165) is 90.9 Å². The third-order valence-electron chi connectivity index (χ3n) is 9.34. The van der Waals surface area contributed by atoms with Crippen LogP contribution in [0.3, 0.4) is 0 Å². The van der Waals surface area contributed by atoms with Gasteiger partial charge in [0.15, 0.2) is 0 Å². The molecule has 261 valence electrons. The topological polar surface area (TPSA) is 38.7 Å². The van der Waals surface area contributed by atoms with Gasteiger partial charge in [0, 0.05) is 42.2 Å². The minimum Gasteiger partial charge on any atom is -0.305 e. The summed E-state index contributed by atoms with van der Waals surface area (Å²) in [6.45, 7) is 10.8. The molecule has 3 aromatic carbocycles. The van der Waals surface area contributed by atoms with Crippen LogP contribution in [-0.4, -0.2) is 23.0 Å². The molecule has 1 aliphatic carbocycles. The van der Waals surface area contributed by atoms with Crippen molar-refractivity contribution >= 4 is 44.9 Å². The molecule has 1 aliphatic rings. The minimum atomic E-state index is -1.50. The van der Waals surface area contributed by atoms with E-state index in [0.29, 0.717) is 0 Å². The number of nitrogens with zero attached hydrogens (tertiary/aromatic N) is 3. The van der Waals surface area contributed by atoms with Crippen LogP contribution in [0.4, 0.5) is 0 Å². The molecule has 4 aromatic heterocycles. The third-order valence-corrected chi connectivity index (χ3v) is 12.4. The maximum Gasteiger partial charge on any atom is 0.114 e. The molecule has 1 saturated carbocycles.